The Labute approximate surface area is 259 Å². The normalized spacial score (nSPS) is 13.7. The third-order valence-corrected chi connectivity index (χ3v) is 8.56. The van der Waals surface area contributed by atoms with Gasteiger partial charge in [0.1, 0.15) is 6.10 Å². The van der Waals surface area contributed by atoms with Gasteiger partial charge in [-0.15, -0.1) is 0 Å². The SMILES string of the molecule is CCCCCCCCCCCCCCCCCCCCCCCCCCOCC(COP(=O)(O)OCCN)OC(C)=O. The van der Waals surface area contributed by atoms with Gasteiger partial charge in [0.2, 0.25) is 0 Å². The highest BCUT2D eigenvalue weighted by Gasteiger charge is 2.24. The zero-order chi connectivity index (χ0) is 31.0. The average molecular weight is 622 g/mol. The van der Waals surface area contributed by atoms with Gasteiger partial charge in [0.25, 0.3) is 0 Å². The van der Waals surface area contributed by atoms with E-state index in [1.807, 2.05) is 0 Å². The summed E-state index contributed by atoms with van der Waals surface area (Å²) in [5.74, 6) is -0.502. The molecule has 0 saturated carbocycles. The van der Waals surface area contributed by atoms with Crippen molar-refractivity contribution in [3.05, 3.63) is 0 Å². The van der Waals surface area contributed by atoms with Gasteiger partial charge in [-0.2, -0.15) is 0 Å². The molecule has 252 valence electrons. The van der Waals surface area contributed by atoms with Crippen molar-refractivity contribution in [2.24, 2.45) is 5.73 Å². The predicted octanol–water partition coefficient (Wildman–Crippen LogP) is 9.41. The Morgan fingerprint density at radius 3 is 1.36 bits per heavy atom. The molecule has 42 heavy (non-hydrogen) atoms. The van der Waals surface area contributed by atoms with Crippen molar-refractivity contribution in [3.8, 4) is 0 Å². The molecule has 0 aliphatic rings. The lowest BCUT2D eigenvalue weighted by atomic mass is 10.0. The first-order valence-electron chi connectivity index (χ1n) is 17.5. The zero-order valence-corrected chi connectivity index (χ0v) is 28.4. The largest absolute Gasteiger partial charge is 0.472 e. The molecule has 0 heterocycles. The third kappa shape index (κ3) is 32.4. The van der Waals surface area contributed by atoms with Crippen LogP contribution in [-0.2, 0) is 27.9 Å². The minimum absolute atomic E-state index is 0.0952. The molecule has 0 bridgehead atoms. The van der Waals surface area contributed by atoms with Crippen LogP contribution >= 0.6 is 7.82 Å². The summed E-state index contributed by atoms with van der Waals surface area (Å²) in [5, 5.41) is 0. The molecular weight excluding hydrogens is 553 g/mol. The number of hydrogen-bond acceptors (Lipinski definition) is 7. The number of nitrogens with two attached hydrogens (primary N) is 1. The molecule has 2 atom stereocenters. The van der Waals surface area contributed by atoms with E-state index >= 15 is 0 Å². The minimum atomic E-state index is -4.22. The summed E-state index contributed by atoms with van der Waals surface area (Å²) in [6, 6.07) is 0. The maximum Gasteiger partial charge on any atom is 0.472 e. The second-order valence-electron chi connectivity index (χ2n) is 11.8. The van der Waals surface area contributed by atoms with Crippen molar-refractivity contribution < 1.29 is 32.8 Å². The number of ether oxygens (including phenoxy) is 2. The Hall–Kier alpha value is -0.500. The number of phosphoric acid groups is 1. The van der Waals surface area contributed by atoms with E-state index in [1.165, 1.54) is 148 Å². The lowest BCUT2D eigenvalue weighted by molar-refractivity contribution is -0.151. The zero-order valence-electron chi connectivity index (χ0n) is 27.5. The lowest BCUT2D eigenvalue weighted by Gasteiger charge is -2.19. The van der Waals surface area contributed by atoms with Gasteiger partial charge >= 0.3 is 13.8 Å². The van der Waals surface area contributed by atoms with Crippen molar-refractivity contribution in [1.29, 1.82) is 0 Å². The Morgan fingerprint density at radius 1 is 0.619 bits per heavy atom. The van der Waals surface area contributed by atoms with Crippen molar-refractivity contribution >= 4 is 13.8 Å². The molecule has 3 N–H and O–H groups in total. The molecular formula is C33H68NO7P. The Balaban J connectivity index is 3.40. The first-order valence-corrected chi connectivity index (χ1v) is 19.0. The maximum absolute atomic E-state index is 11.7. The average Bonchev–Trinajstić information content (AvgIpc) is 2.96. The smallest absolute Gasteiger partial charge is 0.458 e. The van der Waals surface area contributed by atoms with E-state index in [4.69, 9.17) is 19.7 Å². The molecule has 0 aromatic carbocycles. The summed E-state index contributed by atoms with van der Waals surface area (Å²) in [5.41, 5.74) is 5.26. The number of esters is 1. The molecule has 0 amide bonds. The van der Waals surface area contributed by atoms with E-state index in [1.54, 1.807) is 0 Å². The predicted molar refractivity (Wildman–Crippen MR) is 174 cm³/mol. The number of carbonyl (C=O) groups is 1. The molecule has 8 nitrogen and oxygen atoms in total. The molecule has 0 rings (SSSR count). The van der Waals surface area contributed by atoms with Crippen molar-refractivity contribution in [3.63, 3.8) is 0 Å². The van der Waals surface area contributed by atoms with Crippen molar-refractivity contribution in [2.75, 3.05) is 33.0 Å². The van der Waals surface area contributed by atoms with E-state index in [-0.39, 0.29) is 26.4 Å². The molecule has 0 aliphatic carbocycles. The Bertz CT molecular complexity index is 623. The van der Waals surface area contributed by atoms with Crippen LogP contribution in [0, 0.1) is 0 Å². The second kappa shape index (κ2) is 31.9. The van der Waals surface area contributed by atoms with Crippen molar-refractivity contribution in [1.82, 2.24) is 0 Å². The van der Waals surface area contributed by atoms with E-state index in [0.717, 1.165) is 12.8 Å². The van der Waals surface area contributed by atoms with Crippen LogP contribution in [0.1, 0.15) is 168 Å². The van der Waals surface area contributed by atoms with Gasteiger partial charge < -0.3 is 20.1 Å². The van der Waals surface area contributed by atoms with Crippen LogP contribution in [0.25, 0.3) is 0 Å². The van der Waals surface area contributed by atoms with Crippen LogP contribution in [0.5, 0.6) is 0 Å². The second-order valence-corrected chi connectivity index (χ2v) is 13.3. The van der Waals surface area contributed by atoms with Crippen molar-refractivity contribution in [2.45, 2.75) is 174 Å². The van der Waals surface area contributed by atoms with E-state index in [0.29, 0.717) is 6.61 Å². The van der Waals surface area contributed by atoms with Gasteiger partial charge in [0.05, 0.1) is 19.8 Å². The van der Waals surface area contributed by atoms with Gasteiger partial charge in [-0.25, -0.2) is 4.57 Å². The fourth-order valence-electron chi connectivity index (χ4n) is 5.11. The number of phosphoric ester groups is 1. The fraction of sp³-hybridized carbons (Fsp3) is 0.970. The lowest BCUT2D eigenvalue weighted by Crippen LogP contribution is -2.27. The molecule has 0 saturated heterocycles. The molecule has 0 fully saturated rings. The summed E-state index contributed by atoms with van der Waals surface area (Å²) >= 11 is 0. The van der Waals surface area contributed by atoms with Gasteiger partial charge in [-0.1, -0.05) is 155 Å². The Kier molecular flexibility index (Phi) is 31.5. The van der Waals surface area contributed by atoms with Crippen LogP contribution in [0.2, 0.25) is 0 Å². The molecule has 0 aliphatic heterocycles. The number of unbranched alkanes of at least 4 members (excludes halogenated alkanes) is 23. The number of hydrogen-bond donors (Lipinski definition) is 2. The van der Waals surface area contributed by atoms with E-state index in [9.17, 15) is 14.3 Å². The van der Waals surface area contributed by atoms with Crippen LogP contribution < -0.4 is 5.73 Å². The van der Waals surface area contributed by atoms with Crippen LogP contribution in [-0.4, -0.2) is 49.9 Å². The van der Waals surface area contributed by atoms with Gasteiger partial charge in [0, 0.05) is 20.1 Å². The monoisotopic (exact) mass is 621 g/mol. The highest BCUT2D eigenvalue weighted by Crippen LogP contribution is 2.43. The molecule has 0 aromatic heterocycles. The first kappa shape index (κ1) is 41.5. The molecule has 0 radical (unpaired) electrons. The third-order valence-electron chi connectivity index (χ3n) is 7.57. The number of rotatable bonds is 34. The first-order chi connectivity index (χ1) is 20.4. The summed E-state index contributed by atoms with van der Waals surface area (Å²) in [7, 11) is -4.22. The fourth-order valence-corrected chi connectivity index (χ4v) is 5.88. The number of carbonyl (C=O) groups excluding carboxylic acids is 1. The van der Waals surface area contributed by atoms with Gasteiger partial charge in [-0.3, -0.25) is 13.8 Å². The topological polar surface area (TPSA) is 117 Å². The molecule has 9 heteroatoms. The molecule has 0 aromatic rings. The molecule has 2 unspecified atom stereocenters. The van der Waals surface area contributed by atoms with Gasteiger partial charge in [0.15, 0.2) is 0 Å². The van der Waals surface area contributed by atoms with Crippen LogP contribution in [0.4, 0.5) is 0 Å². The van der Waals surface area contributed by atoms with E-state index < -0.39 is 19.9 Å². The summed E-state index contributed by atoms with van der Waals surface area (Å²) < 4.78 is 32.0. The highest BCUT2D eigenvalue weighted by molar-refractivity contribution is 7.47. The van der Waals surface area contributed by atoms with Crippen LogP contribution in [0.15, 0.2) is 0 Å². The standard InChI is InChI=1S/C33H68NO7P/c1-3-4-5-6-7-8-9-10-11-12-13-14-15-16-17-18-19-20-21-22-23-24-25-26-28-38-30-33(41-32(2)35)31-40-42(36,37)39-29-27-34/h33H,3-31,34H2,1-2H3,(H,36,37). The van der Waals surface area contributed by atoms with E-state index in [2.05, 4.69) is 11.4 Å². The quantitative estimate of drug-likeness (QED) is 0.0414. The van der Waals surface area contributed by atoms with Crippen LogP contribution in [0.3, 0.4) is 0 Å². The molecule has 0 spiro atoms. The van der Waals surface area contributed by atoms with Gasteiger partial charge in [-0.05, 0) is 6.42 Å². The Morgan fingerprint density at radius 2 is 1.00 bits per heavy atom. The summed E-state index contributed by atoms with van der Waals surface area (Å²) in [6.45, 7) is 3.95. The minimum Gasteiger partial charge on any atom is -0.458 e. The maximum atomic E-state index is 11.7. The summed E-state index contributed by atoms with van der Waals surface area (Å²) in [4.78, 5) is 20.9. The summed E-state index contributed by atoms with van der Waals surface area (Å²) in [6.07, 6.45) is 32.0. The highest BCUT2D eigenvalue weighted by atomic mass is 31.2.